The Bertz CT molecular complexity index is 733. The number of carbonyl (C=O) groups is 2. The number of hydrogen-bond donors (Lipinski definition) is 3. The highest BCUT2D eigenvalue weighted by Crippen LogP contribution is 2.38. The third-order valence-corrected chi connectivity index (χ3v) is 6.44. The summed E-state index contributed by atoms with van der Waals surface area (Å²) >= 11 is 0. The molecule has 1 rings (SSSR count). The fourth-order valence-electron chi connectivity index (χ4n) is 2.31. The zero-order chi connectivity index (χ0) is 23.6. The second kappa shape index (κ2) is 17.8. The molecule has 7 nitrogen and oxygen atoms in total. The molecule has 1 unspecified atom stereocenters. The molecule has 1 atom stereocenters. The number of ether oxygens (including phenoxy) is 2. The summed E-state index contributed by atoms with van der Waals surface area (Å²) < 4.78 is 11.3. The molecule has 0 spiro atoms. The van der Waals surface area contributed by atoms with Crippen molar-refractivity contribution in [2.75, 3.05) is 45.2 Å². The van der Waals surface area contributed by atoms with Gasteiger partial charge in [0.1, 0.15) is 12.0 Å². The molecule has 0 aliphatic heterocycles. The minimum absolute atomic E-state index is 0.0603. The second-order valence-corrected chi connectivity index (χ2v) is 9.68. The van der Waals surface area contributed by atoms with E-state index in [9.17, 15) is 9.59 Å². The van der Waals surface area contributed by atoms with E-state index in [-0.39, 0.29) is 29.8 Å². The van der Waals surface area contributed by atoms with Crippen molar-refractivity contribution in [1.82, 2.24) is 16.0 Å². The Balaban J connectivity index is 2.46. The van der Waals surface area contributed by atoms with E-state index in [1.807, 2.05) is 45.0 Å². The Morgan fingerprint density at radius 2 is 1.84 bits per heavy atom. The van der Waals surface area contributed by atoms with Crippen molar-refractivity contribution >= 4 is 33.4 Å². The van der Waals surface area contributed by atoms with Crippen molar-refractivity contribution in [3.8, 4) is 12.0 Å². The standard InChI is InChI=1S/C23H35N3O4S2/c1-5-24-13-14-26-22(28)19-7-9-20(10-8-19)23(32-31-6-2)30-16-15-29-17-21(27)25-12-11-18(3)4/h7-10,18,23-24H,5-6,13-17H2,1-4H3,(H,25,27)(H,26,28). The lowest BCUT2D eigenvalue weighted by molar-refractivity contribution is -0.125. The van der Waals surface area contributed by atoms with Crippen molar-refractivity contribution < 1.29 is 19.1 Å². The Morgan fingerprint density at radius 3 is 2.50 bits per heavy atom. The first-order valence-electron chi connectivity index (χ1n) is 10.8. The van der Waals surface area contributed by atoms with Gasteiger partial charge in [-0.3, -0.25) is 14.9 Å². The molecule has 0 fully saturated rings. The Kier molecular flexibility index (Phi) is 15.8. The Hall–Kier alpha value is -1.70. The molecule has 1 aromatic rings. The van der Waals surface area contributed by atoms with Gasteiger partial charge in [0, 0.05) is 36.4 Å². The van der Waals surface area contributed by atoms with Gasteiger partial charge in [-0.15, -0.1) is 0 Å². The molecule has 1 aromatic carbocycles. The van der Waals surface area contributed by atoms with E-state index in [0.717, 1.165) is 24.4 Å². The summed E-state index contributed by atoms with van der Waals surface area (Å²) in [5.41, 5.74) is 1.40. The van der Waals surface area contributed by atoms with E-state index < -0.39 is 0 Å². The van der Waals surface area contributed by atoms with Crippen molar-refractivity contribution in [1.29, 1.82) is 0 Å². The topological polar surface area (TPSA) is 88.7 Å². The van der Waals surface area contributed by atoms with Gasteiger partial charge in [-0.1, -0.05) is 67.3 Å². The molecule has 2 amide bonds. The molecule has 0 saturated carbocycles. The largest absolute Gasteiger partial charge is 0.369 e. The molecule has 0 radical (unpaired) electrons. The Morgan fingerprint density at radius 1 is 1.09 bits per heavy atom. The molecule has 178 valence electrons. The van der Waals surface area contributed by atoms with Crippen LogP contribution in [0.1, 0.15) is 49.1 Å². The molecule has 0 bridgehead atoms. The van der Waals surface area contributed by atoms with Crippen molar-refractivity contribution in [2.45, 2.75) is 33.1 Å². The van der Waals surface area contributed by atoms with Gasteiger partial charge in [0.15, 0.2) is 0 Å². The summed E-state index contributed by atoms with van der Waals surface area (Å²) in [6.07, 6.45) is 0. The molecule has 32 heavy (non-hydrogen) atoms. The van der Waals surface area contributed by atoms with E-state index in [1.54, 1.807) is 21.6 Å². The highest BCUT2D eigenvalue weighted by molar-refractivity contribution is 8.76. The molecular weight excluding hydrogens is 446 g/mol. The highest BCUT2D eigenvalue weighted by atomic mass is 33.1. The van der Waals surface area contributed by atoms with Gasteiger partial charge in [0.2, 0.25) is 0 Å². The van der Waals surface area contributed by atoms with Gasteiger partial charge >= 0.3 is 0 Å². The monoisotopic (exact) mass is 481 g/mol. The van der Waals surface area contributed by atoms with Gasteiger partial charge in [0.05, 0.1) is 13.2 Å². The number of nitrogens with one attached hydrogen (secondary N) is 3. The van der Waals surface area contributed by atoms with Gasteiger partial charge in [0.25, 0.3) is 11.8 Å². The van der Waals surface area contributed by atoms with Crippen LogP contribution in [0.25, 0.3) is 0 Å². The van der Waals surface area contributed by atoms with E-state index in [0.29, 0.717) is 25.3 Å². The average Bonchev–Trinajstić information content (AvgIpc) is 2.78. The summed E-state index contributed by atoms with van der Waals surface area (Å²) in [6, 6.07) is 10.1. The first-order valence-corrected chi connectivity index (χ1v) is 13.2. The third-order valence-electron chi connectivity index (χ3n) is 3.85. The Labute approximate surface area is 199 Å². The fourth-order valence-corrected chi connectivity index (χ4v) is 4.27. The van der Waals surface area contributed by atoms with Crippen LogP contribution in [0.4, 0.5) is 0 Å². The van der Waals surface area contributed by atoms with Crippen LogP contribution < -0.4 is 16.0 Å². The number of amides is 2. The van der Waals surface area contributed by atoms with Crippen molar-refractivity contribution in [3.63, 3.8) is 0 Å². The van der Waals surface area contributed by atoms with Crippen molar-refractivity contribution in [3.05, 3.63) is 35.4 Å². The fraction of sp³-hybridized carbons (Fsp3) is 0.565. The molecule has 3 N–H and O–H groups in total. The number of benzene rings is 1. The zero-order valence-electron chi connectivity index (χ0n) is 19.4. The third kappa shape index (κ3) is 13.0. The first-order chi connectivity index (χ1) is 15.5. The number of rotatable bonds is 15. The maximum atomic E-state index is 12.2. The average molecular weight is 482 g/mol. The van der Waals surface area contributed by atoms with E-state index in [2.05, 4.69) is 34.8 Å². The summed E-state index contributed by atoms with van der Waals surface area (Å²) in [5.74, 6) is 3.65. The molecule has 0 aliphatic rings. The van der Waals surface area contributed by atoms with Gasteiger partial charge < -0.3 is 20.1 Å². The maximum Gasteiger partial charge on any atom is 0.257 e. The van der Waals surface area contributed by atoms with Crippen LogP contribution in [0.15, 0.2) is 24.3 Å². The quantitative estimate of drug-likeness (QED) is 0.117. The molecular formula is C23H35N3O4S2. The minimum atomic E-state index is -0.273. The van der Waals surface area contributed by atoms with Crippen LogP contribution in [-0.2, 0) is 14.3 Å². The number of hydrogen-bond acceptors (Lipinski definition) is 7. The lowest BCUT2D eigenvalue weighted by Gasteiger charge is -2.17. The van der Waals surface area contributed by atoms with Crippen LogP contribution in [0, 0.1) is 17.9 Å². The summed E-state index contributed by atoms with van der Waals surface area (Å²) in [7, 11) is 3.32. The second-order valence-electron chi connectivity index (χ2n) is 6.96. The normalized spacial score (nSPS) is 11.5. The molecule has 9 heteroatoms. The first kappa shape index (κ1) is 28.3. The summed E-state index contributed by atoms with van der Waals surface area (Å²) in [4.78, 5) is 23.9. The van der Waals surface area contributed by atoms with Crippen LogP contribution in [0.5, 0.6) is 0 Å². The molecule has 0 heterocycles. The SMILES string of the molecule is CCNCCNC(=O)c1ccc(C(OCCOCC(=O)NC#CC(C)C)SSCC)cc1. The number of likely N-dealkylation sites (N-methyl/N-ethyl adjacent to an activating group) is 1. The lowest BCUT2D eigenvalue weighted by Crippen LogP contribution is -2.31. The molecule has 0 saturated heterocycles. The summed E-state index contributed by atoms with van der Waals surface area (Å²) in [5, 5.41) is 8.56. The molecule has 0 aromatic heterocycles. The van der Waals surface area contributed by atoms with Crippen LogP contribution in [-0.4, -0.2) is 57.0 Å². The predicted molar refractivity (Wildman–Crippen MR) is 133 cm³/mol. The smallest absolute Gasteiger partial charge is 0.257 e. The minimum Gasteiger partial charge on any atom is -0.369 e. The van der Waals surface area contributed by atoms with E-state index >= 15 is 0 Å². The van der Waals surface area contributed by atoms with Gasteiger partial charge in [-0.25, -0.2) is 0 Å². The predicted octanol–water partition coefficient (Wildman–Crippen LogP) is 3.19. The van der Waals surface area contributed by atoms with E-state index in [4.69, 9.17) is 9.47 Å². The number of carbonyl (C=O) groups excluding carboxylic acids is 2. The van der Waals surface area contributed by atoms with Crippen molar-refractivity contribution in [2.24, 2.45) is 5.92 Å². The lowest BCUT2D eigenvalue weighted by atomic mass is 10.1. The summed E-state index contributed by atoms with van der Waals surface area (Å²) in [6.45, 7) is 10.8. The highest BCUT2D eigenvalue weighted by Gasteiger charge is 2.14. The van der Waals surface area contributed by atoms with Gasteiger partial charge in [-0.05, 0) is 24.2 Å². The molecule has 0 aliphatic carbocycles. The van der Waals surface area contributed by atoms with Crippen LogP contribution in [0.3, 0.4) is 0 Å². The van der Waals surface area contributed by atoms with Gasteiger partial charge in [-0.2, -0.15) is 0 Å². The zero-order valence-corrected chi connectivity index (χ0v) is 21.0. The van der Waals surface area contributed by atoms with Crippen LogP contribution in [0.2, 0.25) is 0 Å². The van der Waals surface area contributed by atoms with Crippen LogP contribution >= 0.6 is 21.6 Å². The maximum absolute atomic E-state index is 12.2. The van der Waals surface area contributed by atoms with E-state index in [1.165, 1.54) is 0 Å².